The zero-order valence-electron chi connectivity index (χ0n) is 4.95. The summed E-state index contributed by atoms with van der Waals surface area (Å²) in [6, 6.07) is 0. The predicted octanol–water partition coefficient (Wildman–Crippen LogP) is 3.65. The van der Waals surface area contributed by atoms with Crippen LogP contribution in [0.25, 0.3) is 0 Å². The van der Waals surface area contributed by atoms with Crippen molar-refractivity contribution in [3.05, 3.63) is 10.0 Å². The molecule has 0 N–H and O–H groups in total. The van der Waals surface area contributed by atoms with E-state index in [9.17, 15) is 0 Å². The number of unbranched alkanes of at least 4 members (excludes halogenated alkanes) is 2. The molecule has 0 aliphatic heterocycles. The van der Waals surface area contributed by atoms with E-state index in [0.29, 0.717) is 0 Å². The van der Waals surface area contributed by atoms with Crippen molar-refractivity contribution in [1.82, 2.24) is 0 Å². The third-order valence-electron chi connectivity index (χ3n) is 0.856. The summed E-state index contributed by atoms with van der Waals surface area (Å²) in [6.45, 7) is 2.16. The summed E-state index contributed by atoms with van der Waals surface area (Å²) >= 11 is 8.62. The molecule has 0 nitrogen and oxygen atoms in total. The monoisotopic (exact) mass is 196 g/mol. The van der Waals surface area contributed by atoms with Gasteiger partial charge in [0.15, 0.2) is 0 Å². The van der Waals surface area contributed by atoms with Gasteiger partial charge in [-0.1, -0.05) is 37.4 Å². The molecule has 0 aromatic rings. The van der Waals surface area contributed by atoms with Crippen molar-refractivity contribution >= 4 is 27.5 Å². The van der Waals surface area contributed by atoms with Gasteiger partial charge >= 0.3 is 0 Å². The zero-order chi connectivity index (χ0) is 6.41. The fourth-order valence-electron chi connectivity index (χ4n) is 0.415. The second-order valence-electron chi connectivity index (χ2n) is 1.64. The third kappa shape index (κ3) is 6.51. The Kier molecular flexibility index (Phi) is 6.00. The van der Waals surface area contributed by atoms with E-state index >= 15 is 0 Å². The highest BCUT2D eigenvalue weighted by atomic mass is 79.9. The van der Waals surface area contributed by atoms with Crippen LogP contribution < -0.4 is 0 Å². The first-order valence-corrected chi connectivity index (χ1v) is 3.95. The van der Waals surface area contributed by atoms with E-state index in [2.05, 4.69) is 22.9 Å². The van der Waals surface area contributed by atoms with E-state index in [-0.39, 0.29) is 0 Å². The molecule has 0 saturated heterocycles. The SMILES string of the molecule is CCCC/C=C(\Cl)Br. The summed E-state index contributed by atoms with van der Waals surface area (Å²) in [5, 5.41) is 0. The Balaban J connectivity index is 3.03. The molecule has 0 saturated carbocycles. The molecule has 0 fully saturated rings. The highest BCUT2D eigenvalue weighted by Crippen LogP contribution is 2.11. The molecule has 0 rings (SSSR count). The Morgan fingerprint density at radius 1 is 1.75 bits per heavy atom. The zero-order valence-corrected chi connectivity index (χ0v) is 7.30. The maximum atomic E-state index is 5.49. The fraction of sp³-hybridized carbons (Fsp3) is 0.667. The summed E-state index contributed by atoms with van der Waals surface area (Å²) < 4.78 is 0.728. The molecule has 0 aromatic heterocycles. The lowest BCUT2D eigenvalue weighted by Crippen LogP contribution is -1.65. The van der Waals surface area contributed by atoms with Gasteiger partial charge in [-0.15, -0.1) is 0 Å². The summed E-state index contributed by atoms with van der Waals surface area (Å²) in [4.78, 5) is 0. The first-order chi connectivity index (χ1) is 3.77. The van der Waals surface area contributed by atoms with Crippen LogP contribution in [0.4, 0.5) is 0 Å². The molecule has 48 valence electrons. The second-order valence-corrected chi connectivity index (χ2v) is 3.35. The summed E-state index contributed by atoms with van der Waals surface area (Å²) in [6.07, 6.45) is 5.52. The topological polar surface area (TPSA) is 0 Å². The van der Waals surface area contributed by atoms with Crippen LogP contribution in [0, 0.1) is 0 Å². The normalized spacial score (nSPS) is 12.1. The van der Waals surface area contributed by atoms with Crippen molar-refractivity contribution in [2.24, 2.45) is 0 Å². The predicted molar refractivity (Wildman–Crippen MR) is 42.4 cm³/mol. The summed E-state index contributed by atoms with van der Waals surface area (Å²) in [5.74, 6) is 0. The van der Waals surface area contributed by atoms with E-state index in [1.807, 2.05) is 6.08 Å². The smallest absolute Gasteiger partial charge is 0.0765 e. The lowest BCUT2D eigenvalue weighted by molar-refractivity contribution is 0.815. The largest absolute Gasteiger partial charge is 0.0794 e. The molecular formula is C6H10BrCl. The minimum Gasteiger partial charge on any atom is -0.0765 e. The number of hydrogen-bond donors (Lipinski definition) is 0. The number of halogens is 2. The Morgan fingerprint density at radius 2 is 2.38 bits per heavy atom. The number of allylic oxidation sites excluding steroid dienone is 1. The van der Waals surface area contributed by atoms with Gasteiger partial charge in [0.05, 0.1) is 3.94 Å². The Bertz CT molecular complexity index is 74.6. The van der Waals surface area contributed by atoms with Gasteiger partial charge in [-0.3, -0.25) is 0 Å². The minimum atomic E-state index is 0.728. The molecule has 0 heterocycles. The van der Waals surface area contributed by atoms with Crippen molar-refractivity contribution in [1.29, 1.82) is 0 Å². The average molecular weight is 198 g/mol. The van der Waals surface area contributed by atoms with Crippen LogP contribution in [0.3, 0.4) is 0 Å². The van der Waals surface area contributed by atoms with Crippen LogP contribution in [-0.2, 0) is 0 Å². The molecule has 0 unspecified atom stereocenters. The Labute approximate surface area is 64.0 Å². The van der Waals surface area contributed by atoms with Crippen LogP contribution in [0.5, 0.6) is 0 Å². The van der Waals surface area contributed by atoms with Crippen molar-refractivity contribution in [3.8, 4) is 0 Å². The van der Waals surface area contributed by atoms with E-state index < -0.39 is 0 Å². The maximum Gasteiger partial charge on any atom is 0.0794 e. The Hall–Kier alpha value is 0.510. The van der Waals surface area contributed by atoms with Crippen LogP contribution in [0.1, 0.15) is 26.2 Å². The molecule has 0 aliphatic rings. The van der Waals surface area contributed by atoms with Gasteiger partial charge in [-0.25, -0.2) is 0 Å². The molecule has 0 spiro atoms. The first-order valence-electron chi connectivity index (χ1n) is 2.78. The first kappa shape index (κ1) is 8.51. The molecule has 0 amide bonds. The Morgan fingerprint density at radius 3 is 2.75 bits per heavy atom. The van der Waals surface area contributed by atoms with Gasteiger partial charge in [0.2, 0.25) is 0 Å². The third-order valence-corrected chi connectivity index (χ3v) is 1.33. The van der Waals surface area contributed by atoms with Crippen LogP contribution in [-0.4, -0.2) is 0 Å². The molecule has 0 radical (unpaired) electrons. The van der Waals surface area contributed by atoms with Crippen molar-refractivity contribution < 1.29 is 0 Å². The standard InChI is InChI=1S/C6H10BrCl/c1-2-3-4-5-6(7)8/h5H,2-4H2,1H3/b6-5-. The number of hydrogen-bond acceptors (Lipinski definition) is 0. The van der Waals surface area contributed by atoms with Crippen LogP contribution in [0.15, 0.2) is 10.0 Å². The number of rotatable bonds is 3. The lowest BCUT2D eigenvalue weighted by Gasteiger charge is -1.86. The van der Waals surface area contributed by atoms with Gasteiger partial charge in [-0.05, 0) is 22.4 Å². The van der Waals surface area contributed by atoms with E-state index in [1.165, 1.54) is 12.8 Å². The van der Waals surface area contributed by atoms with Gasteiger partial charge in [0.1, 0.15) is 0 Å². The maximum absolute atomic E-state index is 5.49. The summed E-state index contributed by atoms with van der Waals surface area (Å²) in [7, 11) is 0. The lowest BCUT2D eigenvalue weighted by atomic mass is 10.2. The highest BCUT2D eigenvalue weighted by molar-refractivity contribution is 9.12. The van der Waals surface area contributed by atoms with Crippen LogP contribution in [0.2, 0.25) is 0 Å². The molecule has 0 aliphatic carbocycles. The minimum absolute atomic E-state index is 0.728. The molecule has 0 atom stereocenters. The molecule has 0 aromatic carbocycles. The average Bonchev–Trinajstić information content (AvgIpc) is 1.66. The summed E-state index contributed by atoms with van der Waals surface area (Å²) in [5.41, 5.74) is 0. The van der Waals surface area contributed by atoms with Crippen molar-refractivity contribution in [3.63, 3.8) is 0 Å². The second kappa shape index (κ2) is 5.64. The van der Waals surface area contributed by atoms with E-state index in [4.69, 9.17) is 11.6 Å². The molecular weight excluding hydrogens is 187 g/mol. The van der Waals surface area contributed by atoms with Gasteiger partial charge in [0.25, 0.3) is 0 Å². The molecule has 2 heteroatoms. The highest BCUT2D eigenvalue weighted by Gasteiger charge is 1.81. The van der Waals surface area contributed by atoms with Crippen molar-refractivity contribution in [2.75, 3.05) is 0 Å². The van der Waals surface area contributed by atoms with E-state index in [1.54, 1.807) is 0 Å². The van der Waals surface area contributed by atoms with Gasteiger partial charge in [0, 0.05) is 0 Å². The van der Waals surface area contributed by atoms with Crippen molar-refractivity contribution in [2.45, 2.75) is 26.2 Å². The van der Waals surface area contributed by atoms with Gasteiger partial charge < -0.3 is 0 Å². The van der Waals surface area contributed by atoms with E-state index in [0.717, 1.165) is 10.4 Å². The van der Waals surface area contributed by atoms with Gasteiger partial charge in [-0.2, -0.15) is 0 Å². The van der Waals surface area contributed by atoms with Crippen LogP contribution >= 0.6 is 27.5 Å². The molecule has 0 bridgehead atoms. The molecule has 8 heavy (non-hydrogen) atoms. The fourth-order valence-corrected chi connectivity index (χ4v) is 0.753. The quantitative estimate of drug-likeness (QED) is 0.606.